The number of pyridine rings is 1. The Labute approximate surface area is 87.6 Å². The largest absolute Gasteiger partial charge is 0.465 e. The minimum Gasteiger partial charge on any atom is -0.465 e. The van der Waals surface area contributed by atoms with E-state index in [0.29, 0.717) is 21.2 Å². The van der Waals surface area contributed by atoms with Crippen LogP contribution in [0, 0.1) is 0 Å². The first-order valence-electron chi connectivity index (χ1n) is 3.81. The molecular weight excluding hydrogens is 250 g/mol. The Morgan fingerprint density at radius 3 is 3.07 bits per heavy atom. The summed E-state index contributed by atoms with van der Waals surface area (Å²) in [4.78, 5) is 15.4. The van der Waals surface area contributed by atoms with E-state index >= 15 is 0 Å². The van der Waals surface area contributed by atoms with Crippen molar-refractivity contribution in [1.29, 1.82) is 0 Å². The van der Waals surface area contributed by atoms with Gasteiger partial charge in [-0.1, -0.05) is 0 Å². The molecule has 0 atom stereocenters. The fourth-order valence-electron chi connectivity index (χ4n) is 1.16. The van der Waals surface area contributed by atoms with E-state index in [0.717, 1.165) is 0 Å². The smallest absolute Gasteiger partial charge is 0.340 e. The quantitative estimate of drug-likeness (QED) is 0.785. The van der Waals surface area contributed by atoms with Crippen molar-refractivity contribution in [3.63, 3.8) is 0 Å². The van der Waals surface area contributed by atoms with Crippen molar-refractivity contribution in [2.24, 2.45) is 0 Å². The summed E-state index contributed by atoms with van der Waals surface area (Å²) < 4.78 is 5.27. The Hall–Kier alpha value is -1.43. The fraction of sp³-hybridized carbons (Fsp3) is 0.125. The first kappa shape index (κ1) is 9.14. The lowest BCUT2D eigenvalue weighted by Crippen LogP contribution is -2.02. The maximum atomic E-state index is 11.3. The minimum absolute atomic E-state index is 0.402. The Morgan fingerprint density at radius 1 is 1.57 bits per heavy atom. The summed E-state index contributed by atoms with van der Waals surface area (Å²) in [6.07, 6.45) is 1.54. The maximum absolute atomic E-state index is 11.3. The number of esters is 1. The molecule has 0 aliphatic rings. The van der Waals surface area contributed by atoms with Gasteiger partial charge in [0.15, 0.2) is 0 Å². The average molecular weight is 256 g/mol. The highest BCUT2D eigenvalue weighted by atomic mass is 79.9. The third kappa shape index (κ3) is 1.27. The molecule has 2 aromatic rings. The van der Waals surface area contributed by atoms with Crippen LogP contribution in [0.15, 0.2) is 16.9 Å². The molecule has 0 bridgehead atoms. The standard InChI is InChI=1S/C8H6BrN3O2/c1-14-8(13)4-2-3-10-6-5(4)11-12-7(6)9/h2-3H,1H3,(H,11,12). The number of carbonyl (C=O) groups is 1. The van der Waals surface area contributed by atoms with Crippen LogP contribution in [0.5, 0.6) is 0 Å². The summed E-state index contributed by atoms with van der Waals surface area (Å²) in [6.45, 7) is 0. The van der Waals surface area contributed by atoms with Gasteiger partial charge in [-0.05, 0) is 22.0 Å². The van der Waals surface area contributed by atoms with Gasteiger partial charge in [-0.25, -0.2) is 4.79 Å². The molecule has 1 N–H and O–H groups in total. The maximum Gasteiger partial charge on any atom is 0.340 e. The van der Waals surface area contributed by atoms with Crippen LogP contribution in [0.25, 0.3) is 11.0 Å². The molecule has 0 aliphatic heterocycles. The van der Waals surface area contributed by atoms with Gasteiger partial charge < -0.3 is 4.74 Å². The van der Waals surface area contributed by atoms with Crippen molar-refractivity contribution in [3.05, 3.63) is 22.4 Å². The molecule has 0 fully saturated rings. The Kier molecular flexibility index (Phi) is 2.20. The number of hydrogen-bond acceptors (Lipinski definition) is 4. The summed E-state index contributed by atoms with van der Waals surface area (Å²) in [5, 5.41) is 6.64. The van der Waals surface area contributed by atoms with E-state index < -0.39 is 5.97 Å². The normalized spacial score (nSPS) is 10.4. The second-order valence-electron chi connectivity index (χ2n) is 2.58. The SMILES string of the molecule is COC(=O)c1ccnc2c(Br)[nH]nc12. The number of H-pyrrole nitrogens is 1. The number of aromatic amines is 1. The summed E-state index contributed by atoms with van der Waals surface area (Å²) in [5.74, 6) is -0.420. The van der Waals surface area contributed by atoms with E-state index in [4.69, 9.17) is 0 Å². The zero-order chi connectivity index (χ0) is 10.1. The number of rotatable bonds is 1. The van der Waals surface area contributed by atoms with Gasteiger partial charge >= 0.3 is 5.97 Å². The molecule has 0 aliphatic carbocycles. The van der Waals surface area contributed by atoms with Crippen LogP contribution in [-0.2, 0) is 4.74 Å². The number of hydrogen-bond donors (Lipinski definition) is 1. The van der Waals surface area contributed by atoms with Crippen LogP contribution in [0.3, 0.4) is 0 Å². The van der Waals surface area contributed by atoms with Gasteiger partial charge in [-0.2, -0.15) is 5.10 Å². The highest BCUT2D eigenvalue weighted by molar-refractivity contribution is 9.10. The van der Waals surface area contributed by atoms with Crippen LogP contribution < -0.4 is 0 Å². The van der Waals surface area contributed by atoms with Crippen molar-refractivity contribution >= 4 is 32.9 Å². The molecule has 0 saturated heterocycles. The molecular formula is C8H6BrN3O2. The first-order valence-corrected chi connectivity index (χ1v) is 4.60. The van der Waals surface area contributed by atoms with Crippen LogP contribution >= 0.6 is 15.9 Å². The number of methoxy groups -OCH3 is 1. The highest BCUT2D eigenvalue weighted by Crippen LogP contribution is 2.21. The topological polar surface area (TPSA) is 67.9 Å². The van der Waals surface area contributed by atoms with E-state index in [9.17, 15) is 4.79 Å². The summed E-state index contributed by atoms with van der Waals surface area (Å²) in [6, 6.07) is 1.57. The van der Waals surface area contributed by atoms with Crippen LogP contribution in [0.2, 0.25) is 0 Å². The lowest BCUT2D eigenvalue weighted by Gasteiger charge is -1.98. The van der Waals surface area contributed by atoms with Gasteiger partial charge in [-0.3, -0.25) is 10.1 Å². The van der Waals surface area contributed by atoms with Crippen molar-refractivity contribution in [1.82, 2.24) is 15.2 Å². The average Bonchev–Trinajstić information content (AvgIpc) is 2.59. The predicted octanol–water partition coefficient (Wildman–Crippen LogP) is 1.51. The summed E-state index contributed by atoms with van der Waals surface area (Å²) in [5.41, 5.74) is 1.53. The van der Waals surface area contributed by atoms with Gasteiger partial charge in [0.05, 0.1) is 12.7 Å². The Morgan fingerprint density at radius 2 is 2.36 bits per heavy atom. The zero-order valence-corrected chi connectivity index (χ0v) is 8.83. The molecule has 0 radical (unpaired) electrons. The lowest BCUT2D eigenvalue weighted by atomic mass is 10.2. The van der Waals surface area contributed by atoms with Gasteiger partial charge in [-0.15, -0.1) is 0 Å². The number of nitrogens with zero attached hydrogens (tertiary/aromatic N) is 2. The lowest BCUT2D eigenvalue weighted by molar-refractivity contribution is 0.0602. The first-order chi connectivity index (χ1) is 6.74. The highest BCUT2D eigenvalue weighted by Gasteiger charge is 2.14. The van der Waals surface area contributed by atoms with E-state index in [1.54, 1.807) is 6.07 Å². The molecule has 0 aromatic carbocycles. The molecule has 0 spiro atoms. The molecule has 2 aromatic heterocycles. The summed E-state index contributed by atoms with van der Waals surface area (Å²) in [7, 11) is 1.33. The van der Waals surface area contributed by atoms with E-state index in [2.05, 4.69) is 35.8 Å². The molecule has 0 unspecified atom stereocenters. The van der Waals surface area contributed by atoms with Gasteiger partial charge in [0.1, 0.15) is 15.6 Å². The molecule has 0 amide bonds. The molecule has 72 valence electrons. The van der Waals surface area contributed by atoms with Crippen molar-refractivity contribution < 1.29 is 9.53 Å². The van der Waals surface area contributed by atoms with Gasteiger partial charge in [0.2, 0.25) is 0 Å². The molecule has 14 heavy (non-hydrogen) atoms. The molecule has 6 heteroatoms. The van der Waals surface area contributed by atoms with Crippen LogP contribution in [0.4, 0.5) is 0 Å². The summed E-state index contributed by atoms with van der Waals surface area (Å²) >= 11 is 3.24. The third-order valence-electron chi connectivity index (χ3n) is 1.80. The number of nitrogens with one attached hydrogen (secondary N) is 1. The predicted molar refractivity (Wildman–Crippen MR) is 52.9 cm³/mol. The van der Waals surface area contributed by atoms with Gasteiger partial charge in [0.25, 0.3) is 0 Å². The van der Waals surface area contributed by atoms with Crippen LogP contribution in [-0.4, -0.2) is 28.3 Å². The van der Waals surface area contributed by atoms with E-state index in [-0.39, 0.29) is 0 Å². The molecule has 2 rings (SSSR count). The second kappa shape index (κ2) is 3.38. The number of ether oxygens (including phenoxy) is 1. The van der Waals surface area contributed by atoms with Gasteiger partial charge in [0, 0.05) is 6.20 Å². The monoisotopic (exact) mass is 255 g/mol. The Bertz CT molecular complexity index is 494. The van der Waals surface area contributed by atoms with E-state index in [1.807, 2.05) is 0 Å². The second-order valence-corrected chi connectivity index (χ2v) is 3.38. The van der Waals surface area contributed by atoms with Crippen molar-refractivity contribution in [3.8, 4) is 0 Å². The minimum atomic E-state index is -0.420. The van der Waals surface area contributed by atoms with Crippen molar-refractivity contribution in [2.75, 3.05) is 7.11 Å². The number of fused-ring (bicyclic) bond motifs is 1. The number of aromatic nitrogens is 3. The number of carbonyl (C=O) groups excluding carboxylic acids is 1. The third-order valence-corrected chi connectivity index (χ3v) is 2.36. The fourth-order valence-corrected chi connectivity index (χ4v) is 1.54. The number of halogens is 1. The molecule has 2 heterocycles. The molecule has 0 saturated carbocycles. The molecule has 5 nitrogen and oxygen atoms in total. The zero-order valence-electron chi connectivity index (χ0n) is 7.24. The van der Waals surface area contributed by atoms with Crippen LogP contribution in [0.1, 0.15) is 10.4 Å². The van der Waals surface area contributed by atoms with Crippen molar-refractivity contribution in [2.45, 2.75) is 0 Å². The van der Waals surface area contributed by atoms with E-state index in [1.165, 1.54) is 13.3 Å². The Balaban J connectivity index is 2.71.